The Labute approximate surface area is 134 Å². The maximum atomic E-state index is 12.3. The van der Waals surface area contributed by atoms with E-state index in [1.165, 1.54) is 26.4 Å². The predicted octanol–water partition coefficient (Wildman–Crippen LogP) is 3.31. The van der Waals surface area contributed by atoms with Crippen LogP contribution in [0.2, 0.25) is 0 Å². The third-order valence-electron chi connectivity index (χ3n) is 3.30. The number of hydrogen-bond donors (Lipinski definition) is 1. The molecule has 0 heterocycles. The number of hydrogen-bond acceptors (Lipinski definition) is 5. The lowest BCUT2D eigenvalue weighted by molar-refractivity contribution is 0.104. The molecule has 0 aliphatic rings. The first-order valence-corrected chi connectivity index (χ1v) is 6.90. The van der Waals surface area contributed by atoms with Gasteiger partial charge in [0.1, 0.15) is 28.6 Å². The van der Waals surface area contributed by atoms with E-state index in [4.69, 9.17) is 14.2 Å². The highest BCUT2D eigenvalue weighted by molar-refractivity contribution is 6.10. The van der Waals surface area contributed by atoms with Gasteiger partial charge in [-0.25, -0.2) is 0 Å². The van der Waals surface area contributed by atoms with Gasteiger partial charge in [0, 0.05) is 12.1 Å². The third-order valence-corrected chi connectivity index (χ3v) is 3.30. The fraction of sp³-hybridized carbons (Fsp3) is 0.167. The molecule has 0 unspecified atom stereocenters. The van der Waals surface area contributed by atoms with Crippen LogP contribution in [0.5, 0.6) is 23.0 Å². The Kier molecular flexibility index (Phi) is 5.25. The molecular weight excluding hydrogens is 296 g/mol. The molecular formula is C18H18O5. The van der Waals surface area contributed by atoms with Gasteiger partial charge in [-0.15, -0.1) is 0 Å². The van der Waals surface area contributed by atoms with Gasteiger partial charge in [0.25, 0.3) is 0 Å². The van der Waals surface area contributed by atoms with Gasteiger partial charge in [-0.2, -0.15) is 0 Å². The number of carbonyl (C=O) groups excluding carboxylic acids is 1. The Morgan fingerprint density at radius 2 is 1.61 bits per heavy atom. The lowest BCUT2D eigenvalue weighted by Crippen LogP contribution is -2.00. The second-order valence-corrected chi connectivity index (χ2v) is 4.69. The average molecular weight is 314 g/mol. The highest BCUT2D eigenvalue weighted by atomic mass is 16.5. The van der Waals surface area contributed by atoms with Crippen molar-refractivity contribution in [3.63, 3.8) is 0 Å². The van der Waals surface area contributed by atoms with E-state index in [9.17, 15) is 9.90 Å². The maximum Gasteiger partial charge on any atom is 0.193 e. The van der Waals surface area contributed by atoms with Crippen LogP contribution in [-0.4, -0.2) is 32.2 Å². The van der Waals surface area contributed by atoms with Gasteiger partial charge in [-0.05, 0) is 23.8 Å². The van der Waals surface area contributed by atoms with Crippen LogP contribution in [0.1, 0.15) is 15.9 Å². The van der Waals surface area contributed by atoms with Crippen LogP contribution in [-0.2, 0) is 0 Å². The molecule has 5 nitrogen and oxygen atoms in total. The first-order valence-electron chi connectivity index (χ1n) is 6.90. The van der Waals surface area contributed by atoms with Crippen LogP contribution in [0.3, 0.4) is 0 Å². The Hall–Kier alpha value is -2.95. The van der Waals surface area contributed by atoms with E-state index in [0.29, 0.717) is 5.75 Å². The minimum absolute atomic E-state index is 0.0954. The Bertz CT molecular complexity index is 717. The minimum Gasteiger partial charge on any atom is -0.507 e. The smallest absolute Gasteiger partial charge is 0.193 e. The Balaban J connectivity index is 2.27. The van der Waals surface area contributed by atoms with Crippen LogP contribution >= 0.6 is 0 Å². The molecule has 0 spiro atoms. The van der Waals surface area contributed by atoms with Crippen LogP contribution in [0.15, 0.2) is 42.5 Å². The maximum absolute atomic E-state index is 12.3. The van der Waals surface area contributed by atoms with Gasteiger partial charge < -0.3 is 19.3 Å². The summed E-state index contributed by atoms with van der Waals surface area (Å²) < 4.78 is 15.3. The van der Waals surface area contributed by atoms with E-state index in [1.54, 1.807) is 31.4 Å². The lowest BCUT2D eigenvalue weighted by atomic mass is 10.1. The van der Waals surface area contributed by atoms with Crippen molar-refractivity contribution in [2.24, 2.45) is 0 Å². The molecule has 5 heteroatoms. The zero-order valence-electron chi connectivity index (χ0n) is 13.2. The third kappa shape index (κ3) is 3.83. The van der Waals surface area contributed by atoms with Crippen molar-refractivity contribution in [2.45, 2.75) is 0 Å². The predicted molar refractivity (Wildman–Crippen MR) is 87.6 cm³/mol. The number of ketones is 1. The number of aromatic hydroxyl groups is 1. The summed E-state index contributed by atoms with van der Waals surface area (Å²) in [5.41, 5.74) is 0.934. The van der Waals surface area contributed by atoms with Crippen molar-refractivity contribution in [2.75, 3.05) is 21.3 Å². The van der Waals surface area contributed by atoms with E-state index >= 15 is 0 Å². The normalized spacial score (nSPS) is 10.6. The molecule has 0 aromatic heterocycles. The summed E-state index contributed by atoms with van der Waals surface area (Å²) >= 11 is 0. The van der Waals surface area contributed by atoms with E-state index in [2.05, 4.69) is 0 Å². The number of benzene rings is 2. The van der Waals surface area contributed by atoms with Crippen LogP contribution in [0, 0.1) is 0 Å². The largest absolute Gasteiger partial charge is 0.507 e. The number of ether oxygens (including phenoxy) is 3. The fourth-order valence-corrected chi connectivity index (χ4v) is 2.07. The molecule has 120 valence electrons. The molecule has 0 saturated heterocycles. The second kappa shape index (κ2) is 7.35. The molecule has 0 atom stereocenters. The van der Waals surface area contributed by atoms with Crippen LogP contribution in [0.4, 0.5) is 0 Å². The topological polar surface area (TPSA) is 65.0 Å². The minimum atomic E-state index is -0.363. The highest BCUT2D eigenvalue weighted by Gasteiger charge is 2.17. The molecule has 1 N–H and O–H groups in total. The zero-order valence-corrected chi connectivity index (χ0v) is 13.2. The standard InChI is InChI=1S/C18H18O5/c1-21-13-7-4-12(5-8-13)6-9-15(19)18-16(20)10-14(22-2)11-17(18)23-3/h4-11,20H,1-3H3. The Morgan fingerprint density at radius 1 is 0.957 bits per heavy atom. The van der Waals surface area contributed by atoms with Gasteiger partial charge in [0.05, 0.1) is 21.3 Å². The molecule has 23 heavy (non-hydrogen) atoms. The van der Waals surface area contributed by atoms with Gasteiger partial charge in [0.15, 0.2) is 5.78 Å². The van der Waals surface area contributed by atoms with Gasteiger partial charge in [0.2, 0.25) is 0 Å². The first kappa shape index (κ1) is 16.4. The lowest BCUT2D eigenvalue weighted by Gasteiger charge is -2.10. The molecule has 2 rings (SSSR count). The summed E-state index contributed by atoms with van der Waals surface area (Å²) in [5, 5.41) is 10.0. The van der Waals surface area contributed by atoms with Gasteiger partial charge >= 0.3 is 0 Å². The van der Waals surface area contributed by atoms with Crippen LogP contribution in [0.25, 0.3) is 6.08 Å². The van der Waals surface area contributed by atoms with Crippen molar-refractivity contribution in [3.05, 3.63) is 53.6 Å². The number of rotatable bonds is 6. The van der Waals surface area contributed by atoms with Gasteiger partial charge in [-0.1, -0.05) is 18.2 Å². The summed E-state index contributed by atoms with van der Waals surface area (Å²) in [7, 11) is 4.49. The summed E-state index contributed by atoms with van der Waals surface area (Å²) in [6.07, 6.45) is 3.04. The molecule has 0 aliphatic carbocycles. The number of phenols is 1. The number of methoxy groups -OCH3 is 3. The van der Waals surface area contributed by atoms with E-state index in [0.717, 1.165) is 11.3 Å². The summed E-state index contributed by atoms with van der Waals surface area (Å²) in [6, 6.07) is 10.2. The molecule has 0 radical (unpaired) electrons. The molecule has 2 aromatic rings. The number of carbonyl (C=O) groups is 1. The second-order valence-electron chi connectivity index (χ2n) is 4.69. The van der Waals surface area contributed by atoms with Crippen molar-refractivity contribution < 1.29 is 24.1 Å². The summed E-state index contributed by atoms with van der Waals surface area (Å²) in [4.78, 5) is 12.3. The van der Waals surface area contributed by atoms with Crippen molar-refractivity contribution >= 4 is 11.9 Å². The van der Waals surface area contributed by atoms with Crippen molar-refractivity contribution in [1.29, 1.82) is 0 Å². The molecule has 0 bridgehead atoms. The monoisotopic (exact) mass is 314 g/mol. The molecule has 0 fully saturated rings. The first-order chi connectivity index (χ1) is 11.1. The molecule has 0 saturated carbocycles. The zero-order chi connectivity index (χ0) is 16.8. The van der Waals surface area contributed by atoms with E-state index in [1.807, 2.05) is 12.1 Å². The highest BCUT2D eigenvalue weighted by Crippen LogP contribution is 2.33. The quantitative estimate of drug-likeness (QED) is 0.654. The molecule has 0 amide bonds. The summed E-state index contributed by atoms with van der Waals surface area (Å²) in [5.74, 6) is 0.854. The summed E-state index contributed by atoms with van der Waals surface area (Å²) in [6.45, 7) is 0. The molecule has 0 aliphatic heterocycles. The molecule has 2 aromatic carbocycles. The number of phenolic OH excluding ortho intramolecular Hbond substituents is 1. The Morgan fingerprint density at radius 3 is 2.17 bits per heavy atom. The van der Waals surface area contributed by atoms with Crippen molar-refractivity contribution in [3.8, 4) is 23.0 Å². The van der Waals surface area contributed by atoms with Gasteiger partial charge in [-0.3, -0.25) is 4.79 Å². The number of allylic oxidation sites excluding steroid dienone is 1. The average Bonchev–Trinajstić information content (AvgIpc) is 2.59. The van der Waals surface area contributed by atoms with Crippen LogP contribution < -0.4 is 14.2 Å². The van der Waals surface area contributed by atoms with E-state index in [-0.39, 0.29) is 22.8 Å². The van der Waals surface area contributed by atoms with E-state index < -0.39 is 0 Å². The SMILES string of the molecule is COc1ccc(C=CC(=O)c2c(O)cc(OC)cc2OC)cc1. The fourth-order valence-electron chi connectivity index (χ4n) is 2.07. The van der Waals surface area contributed by atoms with Crippen molar-refractivity contribution in [1.82, 2.24) is 0 Å².